The summed E-state index contributed by atoms with van der Waals surface area (Å²) >= 11 is 0. The van der Waals surface area contributed by atoms with Crippen LogP contribution in [0, 0.1) is 11.3 Å². The summed E-state index contributed by atoms with van der Waals surface area (Å²) < 4.78 is 11.3. The first-order valence-corrected chi connectivity index (χ1v) is 17.7. The molecule has 1 aliphatic rings. The van der Waals surface area contributed by atoms with Crippen molar-refractivity contribution in [2.45, 2.75) is 76.8 Å². The highest BCUT2D eigenvalue weighted by atomic mass is 16.6. The Labute approximate surface area is 309 Å². The second kappa shape index (κ2) is 18.9. The smallest absolute Gasteiger partial charge is 0.316 e. The van der Waals surface area contributed by atoms with Gasteiger partial charge in [-0.3, -0.25) is 9.59 Å². The summed E-state index contributed by atoms with van der Waals surface area (Å²) in [6.45, 7) is 5.01. The van der Waals surface area contributed by atoms with Crippen LogP contribution < -0.4 is 26.8 Å². The second-order valence-corrected chi connectivity index (χ2v) is 14.1. The summed E-state index contributed by atoms with van der Waals surface area (Å²) in [4.78, 5) is 44.3. The van der Waals surface area contributed by atoms with Crippen molar-refractivity contribution in [3.8, 4) is 28.1 Å². The monoisotopic (exact) mass is 736 g/mol. The van der Waals surface area contributed by atoms with Crippen molar-refractivity contribution in [3.05, 3.63) is 72.9 Å². The largest absolute Gasteiger partial charge is 0.477 e. The molecule has 0 aliphatic carbocycles. The van der Waals surface area contributed by atoms with Crippen LogP contribution in [0.25, 0.3) is 22.3 Å². The molecule has 7 atom stereocenters. The Morgan fingerprint density at radius 1 is 0.981 bits per heavy atom. The van der Waals surface area contributed by atoms with E-state index in [9.17, 15) is 34.8 Å². The molecule has 1 aliphatic heterocycles. The van der Waals surface area contributed by atoms with Gasteiger partial charge in [-0.15, -0.1) is 0 Å². The van der Waals surface area contributed by atoms with Crippen molar-refractivity contribution in [2.75, 3.05) is 26.3 Å². The Balaban J connectivity index is 1.31. The maximum Gasteiger partial charge on any atom is 0.316 e. The molecule has 4 rings (SSSR count). The third-order valence-electron chi connectivity index (χ3n) is 9.33. The Morgan fingerprint density at radius 2 is 1.62 bits per heavy atom. The van der Waals surface area contributed by atoms with Gasteiger partial charge in [0.25, 0.3) is 0 Å². The molecule has 0 radical (unpaired) electrons. The van der Waals surface area contributed by atoms with E-state index >= 15 is 0 Å². The van der Waals surface area contributed by atoms with E-state index in [-0.39, 0.29) is 13.1 Å². The lowest BCUT2D eigenvalue weighted by molar-refractivity contribution is -0.276. The van der Waals surface area contributed by atoms with Gasteiger partial charge in [0.2, 0.25) is 17.7 Å². The molecular weight excluding hydrogens is 684 g/mol. The van der Waals surface area contributed by atoms with Crippen LogP contribution >= 0.6 is 0 Å². The molecule has 3 aromatic rings. The van der Waals surface area contributed by atoms with Gasteiger partial charge in [0, 0.05) is 30.4 Å². The minimum Gasteiger partial charge on any atom is -0.477 e. The van der Waals surface area contributed by atoms with Gasteiger partial charge in [-0.1, -0.05) is 74.5 Å². The molecule has 1 fully saturated rings. The van der Waals surface area contributed by atoms with E-state index in [4.69, 9.17) is 20.9 Å². The average molecular weight is 737 g/mol. The highest BCUT2D eigenvalue weighted by Gasteiger charge is 2.44. The molecule has 7 unspecified atom stereocenters. The maximum absolute atomic E-state index is 13.5. The minimum absolute atomic E-state index is 0.156. The number of carbonyl (C=O) groups is 3. The summed E-state index contributed by atoms with van der Waals surface area (Å²) in [5, 5.41) is 44.1. The molecule has 0 bridgehead atoms. The lowest BCUT2D eigenvalue weighted by Crippen LogP contribution is -2.62. The molecule has 1 saturated heterocycles. The zero-order valence-electron chi connectivity index (χ0n) is 30.3. The number of urea groups is 1. The van der Waals surface area contributed by atoms with Crippen LogP contribution in [0.4, 0.5) is 4.79 Å². The number of hydrogen-bond acceptors (Lipinski definition) is 11. The Bertz CT molecular complexity index is 1650. The third kappa shape index (κ3) is 11.2. The highest BCUT2D eigenvalue weighted by molar-refractivity contribution is 5.89. The summed E-state index contributed by atoms with van der Waals surface area (Å²) in [6, 6.07) is 18.9. The number of benzene rings is 2. The summed E-state index contributed by atoms with van der Waals surface area (Å²) in [5.74, 6) is -1.93. The van der Waals surface area contributed by atoms with E-state index < -0.39 is 72.6 Å². The van der Waals surface area contributed by atoms with Gasteiger partial charge in [0.15, 0.2) is 6.29 Å². The predicted octanol–water partition coefficient (Wildman–Crippen LogP) is 1.32. The number of aromatic nitrogens is 1. The zero-order chi connectivity index (χ0) is 38.7. The Hall–Kier alpha value is -4.64. The second-order valence-electron chi connectivity index (χ2n) is 14.1. The number of hydrogen-bond donors (Lipinski definition) is 8. The molecule has 288 valence electrons. The minimum atomic E-state index is -1.80. The molecule has 2 heterocycles. The zero-order valence-corrected chi connectivity index (χ0v) is 30.3. The number of ether oxygens (including phenoxy) is 2. The number of nitrogens with zero attached hydrogens (tertiary/aromatic N) is 2. The third-order valence-corrected chi connectivity index (χ3v) is 9.33. The van der Waals surface area contributed by atoms with Crippen LogP contribution in [-0.4, -0.2) is 111 Å². The van der Waals surface area contributed by atoms with Crippen LogP contribution in [0.5, 0.6) is 5.88 Å². The SMILES string of the molecule is CC(C(N)=O)N(CC(C)(C)CCCCOc1ncc(-c2ccccc2)cc1-c1ccccc1)C(=O)C(N)CNC(=O)NC1OC(O)C(O)C(O)C1CO. The molecule has 0 saturated carbocycles. The summed E-state index contributed by atoms with van der Waals surface area (Å²) in [7, 11) is 0. The molecule has 53 heavy (non-hydrogen) atoms. The number of aliphatic hydroxyl groups is 4. The number of unbranched alkanes of at least 4 members (excludes halogenated alkanes) is 1. The van der Waals surface area contributed by atoms with E-state index in [0.717, 1.165) is 28.7 Å². The number of rotatable bonds is 17. The number of primary amides is 1. The van der Waals surface area contributed by atoms with Gasteiger partial charge in [-0.25, -0.2) is 9.78 Å². The van der Waals surface area contributed by atoms with Crippen LogP contribution in [0.15, 0.2) is 72.9 Å². The first kappa shape index (κ1) is 41.1. The van der Waals surface area contributed by atoms with Crippen LogP contribution in [0.1, 0.15) is 40.0 Å². The van der Waals surface area contributed by atoms with Crippen LogP contribution in [-0.2, 0) is 14.3 Å². The molecule has 4 amide bonds. The summed E-state index contributed by atoms with van der Waals surface area (Å²) in [5.41, 5.74) is 15.2. The number of carbonyl (C=O) groups excluding carboxylic acids is 3. The van der Waals surface area contributed by atoms with Crippen LogP contribution in [0.3, 0.4) is 0 Å². The molecule has 0 spiro atoms. The highest BCUT2D eigenvalue weighted by Crippen LogP contribution is 2.33. The lowest BCUT2D eigenvalue weighted by Gasteiger charge is -2.40. The Kier molecular flexibility index (Phi) is 14.7. The summed E-state index contributed by atoms with van der Waals surface area (Å²) in [6.07, 6.45) is -2.47. The standard InChI is InChI=1S/C38H52N6O9/c1-23(32(40)48)44(35(49)29(39)20-42-37(51)43-34-28(21-45)30(46)31(47)36(50)53-34)22-38(2,3)16-10-11-17-52-33-27(25-14-8-5-9-15-25)18-26(19-41-33)24-12-6-4-7-13-24/h4-9,12-15,18-19,23,28-31,34,36,45-47,50H,10-11,16-17,20-22,39H2,1-3H3,(H2,40,48)(H2,42,43,51). The quantitative estimate of drug-likeness (QED) is 0.0920. The van der Waals surface area contributed by atoms with E-state index in [0.29, 0.717) is 25.3 Å². The average Bonchev–Trinajstić information content (AvgIpc) is 3.15. The van der Waals surface area contributed by atoms with Gasteiger partial charge in [-0.05, 0) is 48.8 Å². The predicted molar refractivity (Wildman–Crippen MR) is 197 cm³/mol. The molecule has 2 aromatic carbocycles. The van der Waals surface area contributed by atoms with Gasteiger partial charge < -0.3 is 56.9 Å². The van der Waals surface area contributed by atoms with Crippen molar-refractivity contribution in [1.82, 2.24) is 20.5 Å². The van der Waals surface area contributed by atoms with Crippen molar-refractivity contribution >= 4 is 17.8 Å². The van der Waals surface area contributed by atoms with E-state index in [2.05, 4.69) is 21.7 Å². The van der Waals surface area contributed by atoms with E-state index in [1.54, 1.807) is 6.20 Å². The van der Waals surface area contributed by atoms with Gasteiger partial charge in [0.1, 0.15) is 24.4 Å². The van der Waals surface area contributed by atoms with Crippen LogP contribution in [0.2, 0.25) is 0 Å². The van der Waals surface area contributed by atoms with Crippen molar-refractivity contribution in [1.29, 1.82) is 0 Å². The number of nitrogens with one attached hydrogen (secondary N) is 2. The number of amides is 4. The van der Waals surface area contributed by atoms with Crippen molar-refractivity contribution < 1.29 is 44.3 Å². The number of pyridine rings is 1. The fourth-order valence-electron chi connectivity index (χ4n) is 6.11. The van der Waals surface area contributed by atoms with Crippen molar-refractivity contribution in [3.63, 3.8) is 0 Å². The maximum atomic E-state index is 13.5. The first-order valence-electron chi connectivity index (χ1n) is 17.7. The fourth-order valence-corrected chi connectivity index (χ4v) is 6.11. The molecule has 1 aromatic heterocycles. The number of nitrogens with two attached hydrogens (primary N) is 2. The normalized spacial score (nSPS) is 21.2. The first-order chi connectivity index (χ1) is 25.2. The van der Waals surface area contributed by atoms with E-state index in [1.165, 1.54) is 11.8 Å². The molecule has 10 N–H and O–H groups in total. The molecular formula is C38H52N6O9. The number of aliphatic hydroxyl groups excluding tert-OH is 4. The van der Waals surface area contributed by atoms with E-state index in [1.807, 2.05) is 74.5 Å². The fraction of sp³-hybridized carbons (Fsp3) is 0.474. The Morgan fingerprint density at radius 3 is 2.25 bits per heavy atom. The lowest BCUT2D eigenvalue weighted by atomic mass is 9.86. The van der Waals surface area contributed by atoms with Gasteiger partial charge >= 0.3 is 6.03 Å². The molecule has 15 heteroatoms. The molecule has 15 nitrogen and oxygen atoms in total. The topological polar surface area (TPSA) is 243 Å². The van der Waals surface area contributed by atoms with Crippen molar-refractivity contribution in [2.24, 2.45) is 22.8 Å². The van der Waals surface area contributed by atoms with Gasteiger partial charge in [-0.2, -0.15) is 0 Å². The van der Waals surface area contributed by atoms with Gasteiger partial charge in [0.05, 0.1) is 25.2 Å².